The molecule has 0 radical (unpaired) electrons. The van der Waals surface area contributed by atoms with Gasteiger partial charge < -0.3 is 25.8 Å². The summed E-state index contributed by atoms with van der Waals surface area (Å²) in [7, 11) is 4.79. The lowest BCUT2D eigenvalue weighted by Gasteiger charge is -2.11. The maximum absolute atomic E-state index is 12.3. The van der Waals surface area contributed by atoms with Crippen molar-refractivity contribution in [3.63, 3.8) is 0 Å². The number of hydrogen-bond donors (Lipinski definition) is 3. The first kappa shape index (κ1) is 14.9. The summed E-state index contributed by atoms with van der Waals surface area (Å²) >= 11 is 1.18. The molecule has 0 unspecified atom stereocenters. The smallest absolute Gasteiger partial charge is 0.269 e. The number of thiazole rings is 1. The average molecular weight is 308 g/mol. The van der Waals surface area contributed by atoms with Crippen LogP contribution in [-0.4, -0.2) is 32.2 Å². The lowest BCUT2D eigenvalue weighted by Crippen LogP contribution is -2.13. The summed E-state index contributed by atoms with van der Waals surface area (Å²) in [5.74, 6) is 0.974. The van der Waals surface area contributed by atoms with Gasteiger partial charge in [-0.3, -0.25) is 4.79 Å². The minimum absolute atomic E-state index is 0.184. The number of carbonyl (C=O) groups is 1. The molecule has 0 saturated heterocycles. The molecule has 4 N–H and O–H groups in total. The molecule has 2 rings (SSSR count). The van der Waals surface area contributed by atoms with Gasteiger partial charge in [-0.2, -0.15) is 0 Å². The SMILES string of the molecule is CNc1nc(N)c(C(=O)Nc2cc(OC)ccc2OC)s1. The van der Waals surface area contributed by atoms with Gasteiger partial charge in [-0.15, -0.1) is 0 Å². The number of amides is 1. The van der Waals surface area contributed by atoms with Gasteiger partial charge in [0.15, 0.2) is 5.13 Å². The Kier molecular flexibility index (Phi) is 4.49. The molecule has 0 fully saturated rings. The molecule has 1 heterocycles. The Labute approximate surface area is 126 Å². The number of rotatable bonds is 5. The van der Waals surface area contributed by atoms with Crippen LogP contribution in [0.5, 0.6) is 11.5 Å². The number of nitrogen functional groups attached to an aromatic ring is 1. The molecule has 21 heavy (non-hydrogen) atoms. The van der Waals surface area contributed by atoms with Crippen LogP contribution in [0, 0.1) is 0 Å². The highest BCUT2D eigenvalue weighted by atomic mass is 32.1. The molecule has 2 aromatic rings. The van der Waals surface area contributed by atoms with Crippen molar-refractivity contribution in [1.29, 1.82) is 0 Å². The normalized spacial score (nSPS) is 10.0. The van der Waals surface area contributed by atoms with Gasteiger partial charge in [0.2, 0.25) is 0 Å². The summed E-state index contributed by atoms with van der Waals surface area (Å²) in [5.41, 5.74) is 6.24. The van der Waals surface area contributed by atoms with E-state index in [0.717, 1.165) is 0 Å². The van der Waals surface area contributed by atoms with E-state index in [1.165, 1.54) is 18.4 Å². The van der Waals surface area contributed by atoms with Crippen molar-refractivity contribution in [2.45, 2.75) is 0 Å². The Morgan fingerprint density at radius 1 is 1.33 bits per heavy atom. The van der Waals surface area contributed by atoms with Crippen molar-refractivity contribution < 1.29 is 14.3 Å². The summed E-state index contributed by atoms with van der Waals surface area (Å²) in [6.45, 7) is 0. The number of ether oxygens (including phenoxy) is 2. The molecule has 0 saturated carbocycles. The van der Waals surface area contributed by atoms with Crippen LogP contribution in [0.25, 0.3) is 0 Å². The van der Waals surface area contributed by atoms with Crippen LogP contribution >= 0.6 is 11.3 Å². The van der Waals surface area contributed by atoms with Crippen LogP contribution < -0.4 is 25.8 Å². The van der Waals surface area contributed by atoms with E-state index in [-0.39, 0.29) is 11.7 Å². The Hall–Kier alpha value is -2.48. The van der Waals surface area contributed by atoms with Crippen LogP contribution in [0.1, 0.15) is 9.67 Å². The highest BCUT2D eigenvalue weighted by Crippen LogP contribution is 2.31. The first-order valence-corrected chi connectivity index (χ1v) is 6.88. The molecule has 0 aliphatic heterocycles. The lowest BCUT2D eigenvalue weighted by molar-refractivity contribution is 0.103. The van der Waals surface area contributed by atoms with Gasteiger partial charge in [-0.25, -0.2) is 4.98 Å². The first-order chi connectivity index (χ1) is 10.1. The van der Waals surface area contributed by atoms with Gasteiger partial charge in [0, 0.05) is 13.1 Å². The second-order valence-corrected chi connectivity index (χ2v) is 5.00. The highest BCUT2D eigenvalue weighted by Gasteiger charge is 2.17. The number of hydrogen-bond acceptors (Lipinski definition) is 7. The summed E-state index contributed by atoms with van der Waals surface area (Å²) in [6.07, 6.45) is 0. The van der Waals surface area contributed by atoms with Gasteiger partial charge in [0.25, 0.3) is 5.91 Å². The predicted octanol–water partition coefficient (Wildman–Crippen LogP) is 2.04. The van der Waals surface area contributed by atoms with E-state index in [9.17, 15) is 4.79 Å². The fraction of sp³-hybridized carbons (Fsp3) is 0.231. The van der Waals surface area contributed by atoms with E-state index in [2.05, 4.69) is 15.6 Å². The van der Waals surface area contributed by atoms with Gasteiger partial charge in [-0.05, 0) is 12.1 Å². The Morgan fingerprint density at radius 3 is 2.67 bits per heavy atom. The van der Waals surface area contributed by atoms with Crippen molar-refractivity contribution in [2.24, 2.45) is 0 Å². The molecule has 1 aromatic heterocycles. The number of nitrogens with one attached hydrogen (secondary N) is 2. The van der Waals surface area contributed by atoms with Crippen LogP contribution in [0.4, 0.5) is 16.6 Å². The average Bonchev–Trinajstić information content (AvgIpc) is 2.88. The van der Waals surface area contributed by atoms with Gasteiger partial charge in [-0.1, -0.05) is 11.3 Å². The molecule has 112 valence electrons. The fourth-order valence-corrected chi connectivity index (χ4v) is 2.43. The lowest BCUT2D eigenvalue weighted by atomic mass is 10.2. The largest absolute Gasteiger partial charge is 0.497 e. The Bertz CT molecular complexity index is 657. The zero-order chi connectivity index (χ0) is 15.4. The molecule has 1 aromatic carbocycles. The van der Waals surface area contributed by atoms with Crippen LogP contribution in [-0.2, 0) is 0 Å². The zero-order valence-electron chi connectivity index (χ0n) is 11.9. The topological polar surface area (TPSA) is 98.5 Å². The van der Waals surface area contributed by atoms with Crippen molar-refractivity contribution in [1.82, 2.24) is 4.98 Å². The van der Waals surface area contributed by atoms with E-state index in [1.807, 2.05) is 0 Å². The minimum atomic E-state index is -0.349. The molecule has 0 spiro atoms. The molecule has 8 heteroatoms. The molecular weight excluding hydrogens is 292 g/mol. The second kappa shape index (κ2) is 6.31. The fourth-order valence-electron chi connectivity index (χ4n) is 1.69. The first-order valence-electron chi connectivity index (χ1n) is 6.06. The third kappa shape index (κ3) is 3.16. The Morgan fingerprint density at radius 2 is 2.10 bits per heavy atom. The molecule has 1 amide bonds. The van der Waals surface area contributed by atoms with Crippen molar-refractivity contribution in [3.8, 4) is 11.5 Å². The molecule has 0 aliphatic carbocycles. The third-order valence-corrected chi connectivity index (χ3v) is 3.82. The molecule has 0 atom stereocenters. The van der Waals surface area contributed by atoms with E-state index >= 15 is 0 Å². The number of methoxy groups -OCH3 is 2. The number of aromatic nitrogens is 1. The van der Waals surface area contributed by atoms with E-state index < -0.39 is 0 Å². The number of anilines is 3. The van der Waals surface area contributed by atoms with Crippen molar-refractivity contribution in [3.05, 3.63) is 23.1 Å². The second-order valence-electron chi connectivity index (χ2n) is 4.00. The quantitative estimate of drug-likeness (QED) is 0.782. The monoisotopic (exact) mass is 308 g/mol. The maximum Gasteiger partial charge on any atom is 0.269 e. The van der Waals surface area contributed by atoms with Crippen molar-refractivity contribution in [2.75, 3.05) is 37.6 Å². The van der Waals surface area contributed by atoms with Crippen LogP contribution in [0.2, 0.25) is 0 Å². The minimum Gasteiger partial charge on any atom is -0.497 e. The number of nitrogens with two attached hydrogens (primary N) is 1. The van der Waals surface area contributed by atoms with Crippen molar-refractivity contribution >= 4 is 33.9 Å². The van der Waals surface area contributed by atoms with Crippen LogP contribution in [0.3, 0.4) is 0 Å². The zero-order valence-corrected chi connectivity index (χ0v) is 12.7. The van der Waals surface area contributed by atoms with E-state index in [0.29, 0.717) is 27.2 Å². The standard InChI is InChI=1S/C13H16N4O3S/c1-15-13-17-11(14)10(21-13)12(18)16-8-6-7(19-2)4-5-9(8)20-3/h4-6H,14H2,1-3H3,(H,15,17)(H,16,18). The highest BCUT2D eigenvalue weighted by molar-refractivity contribution is 7.18. The van der Waals surface area contributed by atoms with Gasteiger partial charge in [0.05, 0.1) is 19.9 Å². The third-order valence-electron chi connectivity index (χ3n) is 2.73. The van der Waals surface area contributed by atoms with Gasteiger partial charge >= 0.3 is 0 Å². The molecule has 7 nitrogen and oxygen atoms in total. The van der Waals surface area contributed by atoms with Gasteiger partial charge in [0.1, 0.15) is 22.2 Å². The summed E-state index contributed by atoms with van der Waals surface area (Å²) < 4.78 is 10.3. The predicted molar refractivity (Wildman–Crippen MR) is 83.6 cm³/mol. The number of benzene rings is 1. The van der Waals surface area contributed by atoms with Crippen LogP contribution in [0.15, 0.2) is 18.2 Å². The number of nitrogens with zero attached hydrogens (tertiary/aromatic N) is 1. The number of carbonyl (C=O) groups excluding carboxylic acids is 1. The maximum atomic E-state index is 12.3. The molecule has 0 bridgehead atoms. The van der Waals surface area contributed by atoms with E-state index in [4.69, 9.17) is 15.2 Å². The summed E-state index contributed by atoms with van der Waals surface area (Å²) in [5, 5.41) is 6.18. The molecular formula is C13H16N4O3S. The summed E-state index contributed by atoms with van der Waals surface area (Å²) in [4.78, 5) is 16.7. The summed E-state index contributed by atoms with van der Waals surface area (Å²) in [6, 6.07) is 5.13. The molecule has 0 aliphatic rings. The Balaban J connectivity index is 2.28. The van der Waals surface area contributed by atoms with E-state index in [1.54, 1.807) is 32.4 Å².